The van der Waals surface area contributed by atoms with Crippen molar-refractivity contribution in [3.8, 4) is 0 Å². The van der Waals surface area contributed by atoms with E-state index >= 15 is 0 Å². The Balaban J connectivity index is 1.73. The largest absolute Gasteiger partial charge is 0.372 e. The monoisotopic (exact) mass is 262 g/mol. The van der Waals surface area contributed by atoms with E-state index in [2.05, 4.69) is 49.6 Å². The van der Waals surface area contributed by atoms with Gasteiger partial charge in [0.25, 0.3) is 0 Å². The second-order valence-corrected chi connectivity index (χ2v) is 5.93. The van der Waals surface area contributed by atoms with Crippen LogP contribution in [-0.4, -0.2) is 19.1 Å². The normalized spacial score (nSPS) is 15.8. The predicted octanol–water partition coefficient (Wildman–Crippen LogP) is 2.44. The van der Waals surface area contributed by atoms with Crippen molar-refractivity contribution in [2.24, 2.45) is 5.92 Å². The summed E-state index contributed by atoms with van der Waals surface area (Å²) in [6.07, 6.45) is 0. The summed E-state index contributed by atoms with van der Waals surface area (Å²) in [4.78, 5) is 0. The Morgan fingerprint density at radius 1 is 1.11 bits per heavy atom. The Labute approximate surface area is 116 Å². The van der Waals surface area contributed by atoms with E-state index in [1.165, 1.54) is 16.7 Å². The molecule has 0 bridgehead atoms. The summed E-state index contributed by atoms with van der Waals surface area (Å²) in [5.41, 5.74) is 4.04. The highest BCUT2D eigenvalue weighted by atomic mass is 16.5. The molecule has 1 aliphatic rings. The zero-order valence-corrected chi connectivity index (χ0v) is 12.3. The molecular formula is C16H26N2O. The third-order valence-electron chi connectivity index (χ3n) is 3.44. The molecular weight excluding hydrogens is 236 g/mol. The van der Waals surface area contributed by atoms with Gasteiger partial charge in [0.05, 0.1) is 13.2 Å². The van der Waals surface area contributed by atoms with Crippen molar-refractivity contribution >= 4 is 0 Å². The molecule has 1 atom stereocenters. The molecule has 3 nitrogen and oxygen atoms in total. The quantitative estimate of drug-likeness (QED) is 0.792. The van der Waals surface area contributed by atoms with Crippen LogP contribution in [0.1, 0.15) is 37.5 Å². The van der Waals surface area contributed by atoms with Gasteiger partial charge in [0.15, 0.2) is 0 Å². The van der Waals surface area contributed by atoms with Gasteiger partial charge in [0.1, 0.15) is 0 Å². The first-order chi connectivity index (χ1) is 9.15. The summed E-state index contributed by atoms with van der Waals surface area (Å²) in [5, 5.41) is 7.04. The van der Waals surface area contributed by atoms with Gasteiger partial charge in [0, 0.05) is 19.1 Å². The number of hydrogen-bond acceptors (Lipinski definition) is 3. The lowest BCUT2D eigenvalue weighted by Gasteiger charge is -2.16. The van der Waals surface area contributed by atoms with E-state index in [-0.39, 0.29) is 0 Å². The molecule has 1 unspecified atom stereocenters. The van der Waals surface area contributed by atoms with Gasteiger partial charge in [-0.3, -0.25) is 0 Å². The molecule has 0 saturated heterocycles. The number of rotatable bonds is 7. The average Bonchev–Trinajstić information content (AvgIpc) is 2.83. The molecule has 2 rings (SSSR count). The van der Waals surface area contributed by atoms with E-state index in [0.717, 1.165) is 32.8 Å². The third kappa shape index (κ3) is 4.60. The molecule has 0 fully saturated rings. The molecule has 1 aliphatic heterocycles. The molecule has 0 saturated carbocycles. The lowest BCUT2D eigenvalue weighted by molar-refractivity contribution is 0.134. The van der Waals surface area contributed by atoms with E-state index in [1.54, 1.807) is 0 Å². The Kier molecular flexibility index (Phi) is 5.37. The summed E-state index contributed by atoms with van der Waals surface area (Å²) in [7, 11) is 0. The maximum Gasteiger partial charge on any atom is 0.0725 e. The second kappa shape index (κ2) is 7.04. The number of ether oxygens (including phenoxy) is 1. The van der Waals surface area contributed by atoms with Gasteiger partial charge in [-0.25, -0.2) is 0 Å². The van der Waals surface area contributed by atoms with Crippen LogP contribution in [0, 0.1) is 5.92 Å². The van der Waals surface area contributed by atoms with Crippen molar-refractivity contribution in [2.45, 2.75) is 46.6 Å². The van der Waals surface area contributed by atoms with Gasteiger partial charge in [-0.15, -0.1) is 0 Å². The van der Waals surface area contributed by atoms with Crippen LogP contribution in [0.15, 0.2) is 18.2 Å². The fraction of sp³-hybridized carbons (Fsp3) is 0.625. The fourth-order valence-corrected chi connectivity index (χ4v) is 2.29. The van der Waals surface area contributed by atoms with E-state index in [9.17, 15) is 0 Å². The minimum absolute atomic E-state index is 0.489. The van der Waals surface area contributed by atoms with Crippen molar-refractivity contribution in [3.05, 3.63) is 34.9 Å². The Hall–Kier alpha value is -0.900. The molecule has 1 aromatic rings. The molecule has 1 aromatic carbocycles. The van der Waals surface area contributed by atoms with Crippen molar-refractivity contribution < 1.29 is 4.74 Å². The molecule has 0 radical (unpaired) electrons. The Bertz CT molecular complexity index is 404. The van der Waals surface area contributed by atoms with Crippen LogP contribution in [-0.2, 0) is 24.5 Å². The van der Waals surface area contributed by atoms with Crippen molar-refractivity contribution in [3.63, 3.8) is 0 Å². The molecule has 19 heavy (non-hydrogen) atoms. The SMILES string of the molecule is CC(C)CNCC(C)NCc1ccc2c(c1)COC2. The zero-order chi connectivity index (χ0) is 13.7. The summed E-state index contributed by atoms with van der Waals surface area (Å²) in [6, 6.07) is 7.16. The third-order valence-corrected chi connectivity index (χ3v) is 3.44. The Morgan fingerprint density at radius 3 is 2.68 bits per heavy atom. The molecule has 0 aromatic heterocycles. The molecule has 0 amide bonds. The summed E-state index contributed by atoms with van der Waals surface area (Å²) < 4.78 is 5.44. The highest BCUT2D eigenvalue weighted by Gasteiger charge is 2.11. The summed E-state index contributed by atoms with van der Waals surface area (Å²) in [5.74, 6) is 0.712. The smallest absolute Gasteiger partial charge is 0.0725 e. The van der Waals surface area contributed by atoms with Crippen LogP contribution in [0.3, 0.4) is 0 Å². The minimum atomic E-state index is 0.489. The van der Waals surface area contributed by atoms with Gasteiger partial charge < -0.3 is 15.4 Å². The molecule has 1 heterocycles. The lowest BCUT2D eigenvalue weighted by atomic mass is 10.1. The zero-order valence-electron chi connectivity index (χ0n) is 12.3. The first-order valence-corrected chi connectivity index (χ1v) is 7.27. The summed E-state index contributed by atoms with van der Waals surface area (Å²) in [6.45, 7) is 11.3. The van der Waals surface area contributed by atoms with Crippen LogP contribution in [0.4, 0.5) is 0 Å². The van der Waals surface area contributed by atoms with Gasteiger partial charge in [-0.1, -0.05) is 32.0 Å². The lowest BCUT2D eigenvalue weighted by Crippen LogP contribution is -2.37. The first kappa shape index (κ1) is 14.5. The number of nitrogens with one attached hydrogen (secondary N) is 2. The van der Waals surface area contributed by atoms with Gasteiger partial charge in [-0.2, -0.15) is 0 Å². The highest BCUT2D eigenvalue weighted by molar-refractivity contribution is 5.33. The summed E-state index contributed by atoms with van der Waals surface area (Å²) >= 11 is 0. The van der Waals surface area contributed by atoms with E-state index in [0.29, 0.717) is 12.0 Å². The molecule has 2 N–H and O–H groups in total. The van der Waals surface area contributed by atoms with E-state index < -0.39 is 0 Å². The van der Waals surface area contributed by atoms with Gasteiger partial charge in [-0.05, 0) is 36.1 Å². The topological polar surface area (TPSA) is 33.3 Å². The number of fused-ring (bicyclic) bond motifs is 1. The van der Waals surface area contributed by atoms with Gasteiger partial charge in [0.2, 0.25) is 0 Å². The highest BCUT2D eigenvalue weighted by Crippen LogP contribution is 2.20. The van der Waals surface area contributed by atoms with Crippen LogP contribution in [0.25, 0.3) is 0 Å². The standard InChI is InChI=1S/C16H26N2O/c1-12(2)7-17-8-13(3)18-9-14-4-5-15-10-19-11-16(15)6-14/h4-6,12-13,17-18H,7-11H2,1-3H3. The average molecular weight is 262 g/mol. The Morgan fingerprint density at radius 2 is 1.89 bits per heavy atom. The fourth-order valence-electron chi connectivity index (χ4n) is 2.29. The first-order valence-electron chi connectivity index (χ1n) is 7.27. The van der Waals surface area contributed by atoms with Crippen LogP contribution in [0.5, 0.6) is 0 Å². The van der Waals surface area contributed by atoms with E-state index in [1.807, 2.05) is 0 Å². The molecule has 3 heteroatoms. The van der Waals surface area contributed by atoms with E-state index in [4.69, 9.17) is 4.74 Å². The van der Waals surface area contributed by atoms with Crippen molar-refractivity contribution in [1.82, 2.24) is 10.6 Å². The number of hydrogen-bond donors (Lipinski definition) is 2. The molecule has 106 valence electrons. The maximum absolute atomic E-state index is 5.44. The van der Waals surface area contributed by atoms with Crippen molar-refractivity contribution in [1.29, 1.82) is 0 Å². The maximum atomic E-state index is 5.44. The molecule has 0 aliphatic carbocycles. The number of benzene rings is 1. The second-order valence-electron chi connectivity index (χ2n) is 5.93. The predicted molar refractivity (Wildman–Crippen MR) is 78.9 cm³/mol. The van der Waals surface area contributed by atoms with Crippen LogP contribution < -0.4 is 10.6 Å². The minimum Gasteiger partial charge on any atom is -0.372 e. The van der Waals surface area contributed by atoms with Crippen molar-refractivity contribution in [2.75, 3.05) is 13.1 Å². The van der Waals surface area contributed by atoms with Crippen LogP contribution in [0.2, 0.25) is 0 Å². The van der Waals surface area contributed by atoms with Gasteiger partial charge >= 0.3 is 0 Å². The van der Waals surface area contributed by atoms with Crippen LogP contribution >= 0.6 is 0 Å². The molecule has 0 spiro atoms.